The quantitative estimate of drug-likeness (QED) is 0.0695. The summed E-state index contributed by atoms with van der Waals surface area (Å²) in [4.78, 5) is 67.1. The Hall–Kier alpha value is -6.97. The first-order valence-electron chi connectivity index (χ1n) is 23.4. The van der Waals surface area contributed by atoms with Crippen molar-refractivity contribution in [2.24, 2.45) is 0 Å². The Bertz CT molecular complexity index is 2720. The van der Waals surface area contributed by atoms with Gasteiger partial charge in [-0.1, -0.05) is 25.0 Å². The second kappa shape index (κ2) is 22.9. The van der Waals surface area contributed by atoms with Gasteiger partial charge in [0, 0.05) is 79.7 Å². The monoisotopic (exact) mass is 946 g/mol. The van der Waals surface area contributed by atoms with E-state index in [0.717, 1.165) is 31.5 Å². The molecule has 16 nitrogen and oxygen atoms in total. The zero-order chi connectivity index (χ0) is 49.2. The van der Waals surface area contributed by atoms with E-state index in [4.69, 9.17) is 21.6 Å². The number of nitrogens with two attached hydrogens (primary N) is 1. The molecule has 3 amide bonds. The number of likely N-dealkylation sites (tertiary alicyclic amines) is 1. The molecule has 3 fully saturated rings. The number of likely N-dealkylation sites (N-methyl/N-ethyl adjacent to an activating group) is 1. The lowest BCUT2D eigenvalue weighted by Crippen LogP contribution is -2.51. The molecule has 364 valence electrons. The first-order chi connectivity index (χ1) is 33.4. The van der Waals surface area contributed by atoms with E-state index in [2.05, 4.69) is 48.2 Å². The van der Waals surface area contributed by atoms with Crippen molar-refractivity contribution in [1.82, 2.24) is 40.3 Å². The molecular weight excluding hydrogens is 887 g/mol. The van der Waals surface area contributed by atoms with E-state index in [1.54, 1.807) is 49.6 Å². The molecule has 3 aromatic carbocycles. The minimum atomic E-state index is -0.679. The van der Waals surface area contributed by atoms with Gasteiger partial charge in [-0.2, -0.15) is 9.97 Å². The first-order valence-corrected chi connectivity index (χ1v) is 23.4. The number of methoxy groups -OCH3 is 1. The van der Waals surface area contributed by atoms with E-state index >= 15 is 4.39 Å². The number of ether oxygens (including phenoxy) is 2. The number of nitrogens with one attached hydrogen (secondary N) is 2. The number of piperazine rings is 1. The molecule has 3 atom stereocenters. The van der Waals surface area contributed by atoms with Crippen molar-refractivity contribution >= 4 is 57.7 Å². The van der Waals surface area contributed by atoms with Gasteiger partial charge >= 0.3 is 6.01 Å². The van der Waals surface area contributed by atoms with Crippen LogP contribution in [0.3, 0.4) is 0 Å². The topological polar surface area (TPSA) is 188 Å². The van der Waals surface area contributed by atoms with Gasteiger partial charge in [0.15, 0.2) is 5.82 Å². The van der Waals surface area contributed by atoms with Crippen LogP contribution in [0.5, 0.6) is 11.8 Å². The van der Waals surface area contributed by atoms with Gasteiger partial charge < -0.3 is 50.2 Å². The molecule has 0 spiro atoms. The van der Waals surface area contributed by atoms with Crippen molar-refractivity contribution in [2.75, 3.05) is 77.7 Å². The lowest BCUT2D eigenvalue weighted by molar-refractivity contribution is -0.121. The minimum Gasteiger partial charge on any atom is -0.491 e. The largest absolute Gasteiger partial charge is 0.491 e. The second-order valence-corrected chi connectivity index (χ2v) is 17.6. The average Bonchev–Trinajstić information content (AvgIpc) is 4.10. The third-order valence-corrected chi connectivity index (χ3v) is 12.9. The Morgan fingerprint density at radius 3 is 2.52 bits per heavy atom. The van der Waals surface area contributed by atoms with Crippen LogP contribution < -0.4 is 30.7 Å². The van der Waals surface area contributed by atoms with Crippen molar-refractivity contribution < 1.29 is 37.4 Å². The van der Waals surface area contributed by atoms with Crippen LogP contribution in [0, 0.1) is 24.0 Å². The molecule has 2 aromatic heterocycles. The van der Waals surface area contributed by atoms with Crippen LogP contribution in [0.2, 0.25) is 0 Å². The number of carbonyl (C=O) groups excluding carboxylic acids is 4. The highest BCUT2D eigenvalue weighted by Crippen LogP contribution is 2.39. The van der Waals surface area contributed by atoms with Crippen molar-refractivity contribution in [3.05, 3.63) is 77.0 Å². The molecule has 4 aliphatic rings. The van der Waals surface area contributed by atoms with E-state index < -0.39 is 17.7 Å². The van der Waals surface area contributed by atoms with Gasteiger partial charge in [0.2, 0.25) is 12.3 Å². The zero-order valence-corrected chi connectivity index (χ0v) is 39.6. The number of fused-ring (bicyclic) bond motifs is 5. The number of terminal acetylenes is 1. The third-order valence-electron chi connectivity index (χ3n) is 12.9. The highest BCUT2D eigenvalue weighted by Gasteiger charge is 2.36. The molecule has 0 radical (unpaired) electrons. The number of aldehydes is 1. The van der Waals surface area contributed by atoms with Crippen LogP contribution in [-0.4, -0.2) is 139 Å². The van der Waals surface area contributed by atoms with Crippen LogP contribution >= 0.6 is 0 Å². The zero-order valence-electron chi connectivity index (χ0n) is 39.6. The number of hydrogen-bond acceptors (Lipinski definition) is 13. The Kier molecular flexibility index (Phi) is 16.6. The minimum absolute atomic E-state index is 0.0241. The van der Waals surface area contributed by atoms with Gasteiger partial charge in [0.05, 0.1) is 37.2 Å². The highest BCUT2D eigenvalue weighted by molar-refractivity contribution is 6.04. The van der Waals surface area contributed by atoms with Gasteiger partial charge in [-0.05, 0) is 93.9 Å². The molecule has 0 aliphatic carbocycles. The van der Waals surface area contributed by atoms with Crippen molar-refractivity contribution in [3.8, 4) is 35.4 Å². The molecule has 4 N–H and O–H groups in total. The van der Waals surface area contributed by atoms with Crippen LogP contribution in [0.25, 0.3) is 32.9 Å². The van der Waals surface area contributed by atoms with Gasteiger partial charge in [0.25, 0.3) is 5.91 Å². The van der Waals surface area contributed by atoms with Gasteiger partial charge in [-0.3, -0.25) is 19.4 Å². The van der Waals surface area contributed by atoms with Crippen LogP contribution in [0.1, 0.15) is 73.4 Å². The molecule has 18 heteroatoms. The smallest absolute Gasteiger partial charge is 0.318 e. The molecule has 6 heterocycles. The SMILES string of the molecule is C#Cc1c(F)ccc2cc(N)cc(-c3ncc4c(N5CC6CCC(C5)N6)nc(OC)nc4c3F)c12.CCCN1CCCC1.CNC(=O)CCC(C=O)N1Cc2c(OCCN(C)C=O)cccc2C1=O. The van der Waals surface area contributed by atoms with Crippen LogP contribution in [0.15, 0.2) is 48.7 Å². The number of pyridine rings is 1. The maximum absolute atomic E-state index is 16.2. The molecule has 5 aromatic rings. The molecule has 3 saturated heterocycles. The number of nitrogen functional groups attached to an aromatic ring is 1. The van der Waals surface area contributed by atoms with Gasteiger partial charge in [-0.25, -0.2) is 8.78 Å². The van der Waals surface area contributed by atoms with Crippen molar-refractivity contribution in [3.63, 3.8) is 0 Å². The fraction of sp³-hybridized carbons (Fsp3) is 0.431. The fourth-order valence-electron chi connectivity index (χ4n) is 9.41. The summed E-state index contributed by atoms with van der Waals surface area (Å²) in [6.45, 7) is 8.76. The highest BCUT2D eigenvalue weighted by atomic mass is 19.1. The number of halogens is 2. The van der Waals surface area contributed by atoms with E-state index in [9.17, 15) is 23.6 Å². The van der Waals surface area contributed by atoms with E-state index in [1.165, 1.54) is 68.9 Å². The summed E-state index contributed by atoms with van der Waals surface area (Å²) in [5.41, 5.74) is 8.06. The fourth-order valence-corrected chi connectivity index (χ4v) is 9.41. The van der Waals surface area contributed by atoms with Crippen molar-refractivity contribution in [1.29, 1.82) is 0 Å². The third kappa shape index (κ3) is 11.3. The Morgan fingerprint density at radius 2 is 1.86 bits per heavy atom. The number of hydrogen-bond donors (Lipinski definition) is 3. The summed E-state index contributed by atoms with van der Waals surface area (Å²) in [5, 5.41) is 7.52. The van der Waals surface area contributed by atoms with Crippen LogP contribution in [0.4, 0.5) is 20.3 Å². The molecular formula is C51H60F2N10O6. The summed E-state index contributed by atoms with van der Waals surface area (Å²) in [6, 6.07) is 11.3. The molecule has 4 aliphatic heterocycles. The Balaban J connectivity index is 0.000000181. The van der Waals surface area contributed by atoms with Gasteiger partial charge in [-0.15, -0.1) is 6.42 Å². The first kappa shape index (κ1) is 49.9. The lowest BCUT2D eigenvalue weighted by atomic mass is 9.95. The molecule has 9 rings (SSSR count). The van der Waals surface area contributed by atoms with E-state index in [1.807, 2.05) is 0 Å². The Morgan fingerprint density at radius 1 is 1.10 bits per heavy atom. The lowest BCUT2D eigenvalue weighted by Gasteiger charge is -2.34. The molecule has 2 bridgehead atoms. The number of amides is 3. The number of benzene rings is 3. The summed E-state index contributed by atoms with van der Waals surface area (Å²) >= 11 is 0. The van der Waals surface area contributed by atoms with E-state index in [0.29, 0.717) is 82.5 Å². The summed E-state index contributed by atoms with van der Waals surface area (Å²) in [5.74, 6) is 1.85. The second-order valence-electron chi connectivity index (χ2n) is 17.6. The number of anilines is 2. The molecule has 3 unspecified atom stereocenters. The summed E-state index contributed by atoms with van der Waals surface area (Å²) in [7, 11) is 4.62. The van der Waals surface area contributed by atoms with E-state index in [-0.39, 0.29) is 54.0 Å². The Labute approximate surface area is 400 Å². The number of rotatable bonds is 15. The van der Waals surface area contributed by atoms with Crippen molar-refractivity contribution in [2.45, 2.75) is 76.5 Å². The standard InChI is InChI=1S/C26H22F2N6O.C18H23N3O5.C7H15N/c1-3-17-20(27)7-4-13-8-14(29)9-18(21(13)17)23-22(28)24-19(10-30-23)25(33-26(32-24)35-2)34-11-15-5-6-16(12-34)31-15;1-19-17(24)7-6-13(11-22)21-10-15-14(18(21)25)4-3-5-16(15)26-9-8-20(2)12-23;1-2-5-8-6-3-4-7-8/h1,4,7-10,15-16,31H,5-6,11-12,29H2,2H3;3-5,11-13H,6-10H2,1-2H3,(H,19,24);2-7H2,1H3. The normalized spacial score (nSPS) is 17.6. The number of nitrogens with zero attached hydrogens (tertiary/aromatic N) is 7. The van der Waals surface area contributed by atoms with Gasteiger partial charge in [0.1, 0.15) is 41.5 Å². The summed E-state index contributed by atoms with van der Waals surface area (Å²) < 4.78 is 41.7. The number of carbonyl (C=O) groups is 4. The predicted molar refractivity (Wildman–Crippen MR) is 261 cm³/mol. The number of aromatic nitrogens is 3. The summed E-state index contributed by atoms with van der Waals surface area (Å²) in [6.07, 6.45) is 15.4. The molecule has 0 saturated carbocycles. The van der Waals surface area contributed by atoms with Crippen LogP contribution in [-0.2, 0) is 20.9 Å². The average molecular weight is 947 g/mol. The molecule has 69 heavy (non-hydrogen) atoms. The maximum atomic E-state index is 16.2. The maximum Gasteiger partial charge on any atom is 0.318 e. The predicted octanol–water partition coefficient (Wildman–Crippen LogP) is 5.33.